The maximum atomic E-state index is 11.9. The Bertz CT molecular complexity index is 987. The van der Waals surface area contributed by atoms with Crippen LogP contribution < -0.4 is 10.9 Å². The number of furan rings is 1. The number of hydrogen-bond donors (Lipinski definition) is 2. The fraction of sp³-hybridized carbons (Fsp3) is 0. The largest absolute Gasteiger partial charge is 0.463 e. The minimum absolute atomic E-state index is 0.199. The van der Waals surface area contributed by atoms with Crippen LogP contribution in [0.25, 0.3) is 22.0 Å². The van der Waals surface area contributed by atoms with Crippen LogP contribution in [0, 0.1) is 0 Å². The van der Waals surface area contributed by atoms with E-state index in [1.807, 2.05) is 36.4 Å². The third-order valence-corrected chi connectivity index (χ3v) is 3.37. The highest BCUT2D eigenvalue weighted by molar-refractivity contribution is 6.07. The number of fused-ring (bicyclic) bond motifs is 3. The molecule has 4 rings (SSSR count). The molecular formula is C16H11N3O2. The van der Waals surface area contributed by atoms with Crippen molar-refractivity contribution in [2.75, 3.05) is 5.32 Å². The van der Waals surface area contributed by atoms with Crippen molar-refractivity contribution in [3.8, 4) is 0 Å². The number of anilines is 2. The molecule has 0 saturated carbocycles. The molecule has 0 aliphatic carbocycles. The van der Waals surface area contributed by atoms with E-state index in [4.69, 9.17) is 4.42 Å². The maximum absolute atomic E-state index is 11.9. The van der Waals surface area contributed by atoms with Crippen LogP contribution in [0.4, 0.5) is 11.4 Å². The van der Waals surface area contributed by atoms with Gasteiger partial charge in [-0.2, -0.15) is 0 Å². The number of hydrogen-bond acceptors (Lipinski definition) is 4. The first kappa shape index (κ1) is 11.7. The Morgan fingerprint density at radius 1 is 1.10 bits per heavy atom. The van der Waals surface area contributed by atoms with Crippen LogP contribution in [-0.2, 0) is 0 Å². The van der Waals surface area contributed by atoms with E-state index in [1.54, 1.807) is 12.3 Å². The topological polar surface area (TPSA) is 70.9 Å². The predicted octanol–water partition coefficient (Wildman–Crippen LogP) is 3.41. The molecule has 5 heteroatoms. The van der Waals surface area contributed by atoms with Gasteiger partial charge in [-0.3, -0.25) is 4.79 Å². The number of pyridine rings is 2. The Hall–Kier alpha value is -3.08. The first-order valence-electron chi connectivity index (χ1n) is 6.53. The van der Waals surface area contributed by atoms with Gasteiger partial charge in [0.1, 0.15) is 5.65 Å². The summed E-state index contributed by atoms with van der Waals surface area (Å²) in [5.41, 5.74) is 2.64. The first-order chi connectivity index (χ1) is 10.3. The van der Waals surface area contributed by atoms with Crippen LogP contribution in [-0.4, -0.2) is 9.97 Å². The normalized spacial score (nSPS) is 11.0. The molecule has 0 atom stereocenters. The second-order valence-electron chi connectivity index (χ2n) is 4.69. The van der Waals surface area contributed by atoms with Gasteiger partial charge >= 0.3 is 0 Å². The second-order valence-corrected chi connectivity index (χ2v) is 4.69. The van der Waals surface area contributed by atoms with Crippen molar-refractivity contribution in [1.82, 2.24) is 9.97 Å². The van der Waals surface area contributed by atoms with Crippen molar-refractivity contribution in [2.24, 2.45) is 0 Å². The van der Waals surface area contributed by atoms with Gasteiger partial charge in [-0.25, -0.2) is 4.98 Å². The second kappa shape index (κ2) is 4.49. The quantitative estimate of drug-likeness (QED) is 0.589. The summed E-state index contributed by atoms with van der Waals surface area (Å²) in [6, 6.07) is 13.3. The minimum Gasteiger partial charge on any atom is -0.463 e. The van der Waals surface area contributed by atoms with E-state index in [0.29, 0.717) is 16.6 Å². The van der Waals surface area contributed by atoms with Gasteiger partial charge in [0.05, 0.1) is 22.7 Å². The van der Waals surface area contributed by atoms with E-state index in [9.17, 15) is 4.79 Å². The van der Waals surface area contributed by atoms with Crippen molar-refractivity contribution >= 4 is 33.4 Å². The zero-order chi connectivity index (χ0) is 14.2. The fourth-order valence-corrected chi connectivity index (χ4v) is 2.42. The number of nitrogens with one attached hydrogen (secondary N) is 2. The number of aromatic amines is 1. The van der Waals surface area contributed by atoms with E-state index in [-0.39, 0.29) is 5.56 Å². The summed E-state index contributed by atoms with van der Waals surface area (Å²) in [5, 5.41) is 4.61. The molecular weight excluding hydrogens is 266 g/mol. The van der Waals surface area contributed by atoms with Crippen LogP contribution >= 0.6 is 0 Å². The highest BCUT2D eigenvalue weighted by Gasteiger charge is 2.12. The molecule has 1 aromatic carbocycles. The molecule has 0 spiro atoms. The first-order valence-corrected chi connectivity index (χ1v) is 6.53. The van der Waals surface area contributed by atoms with Gasteiger partial charge < -0.3 is 14.7 Å². The lowest BCUT2D eigenvalue weighted by atomic mass is 10.2. The summed E-state index contributed by atoms with van der Waals surface area (Å²) in [6.07, 6.45) is 3.16. The molecule has 21 heavy (non-hydrogen) atoms. The Balaban J connectivity index is 2.01. The van der Waals surface area contributed by atoms with Crippen LogP contribution in [0.5, 0.6) is 0 Å². The molecule has 3 heterocycles. The summed E-state index contributed by atoms with van der Waals surface area (Å²) in [5.74, 6) is 0. The van der Waals surface area contributed by atoms with Gasteiger partial charge in [0.25, 0.3) is 5.56 Å². The number of benzene rings is 1. The molecule has 102 valence electrons. The molecule has 5 nitrogen and oxygen atoms in total. The highest BCUT2D eigenvalue weighted by atomic mass is 16.3. The lowest BCUT2D eigenvalue weighted by Crippen LogP contribution is -2.06. The lowest BCUT2D eigenvalue weighted by molar-refractivity contribution is 0.619. The van der Waals surface area contributed by atoms with E-state index in [1.165, 1.54) is 6.26 Å². The molecule has 0 bridgehead atoms. The Morgan fingerprint density at radius 2 is 1.95 bits per heavy atom. The SMILES string of the molecule is O=c1[nH]c2nccc(Nc3ccccc3)c2c2occc12. The molecule has 0 unspecified atom stereocenters. The Morgan fingerprint density at radius 3 is 2.81 bits per heavy atom. The van der Waals surface area contributed by atoms with Crippen LogP contribution in [0.2, 0.25) is 0 Å². The minimum atomic E-state index is -0.199. The lowest BCUT2D eigenvalue weighted by Gasteiger charge is -2.09. The highest BCUT2D eigenvalue weighted by Crippen LogP contribution is 2.29. The standard InChI is InChI=1S/C16H11N3O2/c20-16-11-7-9-21-14(11)13-12(6-8-17-15(13)19-16)18-10-4-2-1-3-5-10/h1-9H,(H2,17,18,19,20). The molecule has 3 aromatic heterocycles. The number of para-hydroxylation sites is 1. The molecule has 0 aliphatic heterocycles. The van der Waals surface area contributed by atoms with E-state index in [0.717, 1.165) is 16.8 Å². The fourth-order valence-electron chi connectivity index (χ4n) is 2.42. The monoisotopic (exact) mass is 277 g/mol. The third kappa shape index (κ3) is 1.87. The molecule has 0 aliphatic rings. The molecule has 0 fully saturated rings. The Labute approximate surface area is 119 Å². The maximum Gasteiger partial charge on any atom is 0.260 e. The summed E-state index contributed by atoms with van der Waals surface area (Å²) < 4.78 is 5.49. The summed E-state index contributed by atoms with van der Waals surface area (Å²) in [4.78, 5) is 18.9. The molecule has 0 saturated heterocycles. The molecule has 0 radical (unpaired) electrons. The Kier molecular flexibility index (Phi) is 2.50. The van der Waals surface area contributed by atoms with E-state index in [2.05, 4.69) is 15.3 Å². The smallest absolute Gasteiger partial charge is 0.260 e. The van der Waals surface area contributed by atoms with Gasteiger partial charge in [0.15, 0.2) is 5.58 Å². The van der Waals surface area contributed by atoms with Gasteiger partial charge in [-0.15, -0.1) is 0 Å². The van der Waals surface area contributed by atoms with Crippen molar-refractivity contribution in [2.45, 2.75) is 0 Å². The van der Waals surface area contributed by atoms with Crippen LogP contribution in [0.1, 0.15) is 0 Å². The molecule has 4 aromatic rings. The number of rotatable bonds is 2. The van der Waals surface area contributed by atoms with Crippen molar-refractivity contribution in [3.63, 3.8) is 0 Å². The van der Waals surface area contributed by atoms with Crippen molar-refractivity contribution in [1.29, 1.82) is 0 Å². The number of aromatic nitrogens is 2. The summed E-state index contributed by atoms with van der Waals surface area (Å²) >= 11 is 0. The van der Waals surface area contributed by atoms with Gasteiger partial charge in [-0.05, 0) is 24.3 Å². The van der Waals surface area contributed by atoms with Crippen molar-refractivity contribution in [3.05, 3.63) is 65.3 Å². The average molecular weight is 277 g/mol. The zero-order valence-corrected chi connectivity index (χ0v) is 11.0. The van der Waals surface area contributed by atoms with E-state index < -0.39 is 0 Å². The van der Waals surface area contributed by atoms with Gasteiger partial charge in [0, 0.05) is 11.9 Å². The summed E-state index contributed by atoms with van der Waals surface area (Å²) in [6.45, 7) is 0. The molecule has 2 N–H and O–H groups in total. The number of nitrogens with zero attached hydrogens (tertiary/aromatic N) is 1. The van der Waals surface area contributed by atoms with Crippen LogP contribution in [0.15, 0.2) is 64.1 Å². The predicted molar refractivity (Wildman–Crippen MR) is 81.9 cm³/mol. The summed E-state index contributed by atoms with van der Waals surface area (Å²) in [7, 11) is 0. The van der Waals surface area contributed by atoms with E-state index >= 15 is 0 Å². The van der Waals surface area contributed by atoms with Crippen molar-refractivity contribution < 1.29 is 4.42 Å². The van der Waals surface area contributed by atoms with Gasteiger partial charge in [-0.1, -0.05) is 18.2 Å². The number of H-pyrrole nitrogens is 1. The third-order valence-electron chi connectivity index (χ3n) is 3.37. The average Bonchev–Trinajstić information content (AvgIpc) is 2.98. The zero-order valence-electron chi connectivity index (χ0n) is 11.0. The van der Waals surface area contributed by atoms with Gasteiger partial charge in [0.2, 0.25) is 0 Å². The molecule has 0 amide bonds. The van der Waals surface area contributed by atoms with Crippen LogP contribution in [0.3, 0.4) is 0 Å².